The van der Waals surface area contributed by atoms with Crippen LogP contribution in [-0.2, 0) is 23.9 Å². The van der Waals surface area contributed by atoms with Gasteiger partial charge in [-0.15, -0.1) is 0 Å². The van der Waals surface area contributed by atoms with Crippen LogP contribution in [-0.4, -0.2) is 59.0 Å². The Morgan fingerprint density at radius 3 is 1.87 bits per heavy atom. The van der Waals surface area contributed by atoms with Crippen LogP contribution in [0.5, 0.6) is 5.75 Å². The SMILES string of the molecule is CC(C)(C)OC(=O)Nc1ccc(OCCCCC(=O)CCCN2C(=O)C=CC2=O)cc1NC(=O)OC(C)(C)C. The molecular formula is C28H39N3O8. The highest BCUT2D eigenvalue weighted by Gasteiger charge is 2.23. The molecule has 1 heterocycles. The van der Waals surface area contributed by atoms with Gasteiger partial charge in [0.05, 0.1) is 18.0 Å². The van der Waals surface area contributed by atoms with Crippen LogP contribution in [0, 0.1) is 0 Å². The van der Waals surface area contributed by atoms with Crippen molar-refractivity contribution >= 4 is 41.2 Å². The molecule has 1 aromatic carbocycles. The van der Waals surface area contributed by atoms with E-state index in [2.05, 4.69) is 10.6 Å². The number of nitrogens with zero attached hydrogens (tertiary/aromatic N) is 1. The molecule has 2 N–H and O–H groups in total. The van der Waals surface area contributed by atoms with Crippen molar-refractivity contribution in [2.75, 3.05) is 23.8 Å². The van der Waals surface area contributed by atoms with Crippen molar-refractivity contribution < 1.29 is 38.2 Å². The fourth-order valence-electron chi connectivity index (χ4n) is 3.48. The number of ether oxygens (including phenoxy) is 3. The number of carbonyl (C=O) groups is 5. The quantitative estimate of drug-likeness (QED) is 0.270. The van der Waals surface area contributed by atoms with E-state index in [1.807, 2.05) is 0 Å². The molecule has 0 aromatic heterocycles. The molecule has 214 valence electrons. The number of hydrogen-bond acceptors (Lipinski definition) is 8. The van der Waals surface area contributed by atoms with Gasteiger partial charge < -0.3 is 14.2 Å². The van der Waals surface area contributed by atoms with Gasteiger partial charge in [-0.2, -0.15) is 0 Å². The Hall–Kier alpha value is -3.89. The van der Waals surface area contributed by atoms with Gasteiger partial charge in [0.15, 0.2) is 0 Å². The number of benzene rings is 1. The van der Waals surface area contributed by atoms with Crippen molar-refractivity contribution in [3.8, 4) is 5.75 Å². The second kappa shape index (κ2) is 13.8. The molecule has 11 heteroatoms. The fourth-order valence-corrected chi connectivity index (χ4v) is 3.48. The summed E-state index contributed by atoms with van der Waals surface area (Å²) in [6.07, 6.45) is 3.42. The van der Waals surface area contributed by atoms with Gasteiger partial charge in [0.2, 0.25) is 0 Å². The summed E-state index contributed by atoms with van der Waals surface area (Å²) in [4.78, 5) is 61.0. The minimum atomic E-state index is -0.714. The monoisotopic (exact) mass is 545 g/mol. The van der Waals surface area contributed by atoms with Crippen molar-refractivity contribution in [1.82, 2.24) is 4.90 Å². The molecular weight excluding hydrogens is 506 g/mol. The zero-order chi connectivity index (χ0) is 29.2. The minimum absolute atomic E-state index is 0.0588. The van der Waals surface area contributed by atoms with Crippen LogP contribution >= 0.6 is 0 Å². The van der Waals surface area contributed by atoms with Gasteiger partial charge in [-0.25, -0.2) is 9.59 Å². The molecule has 0 fully saturated rings. The molecule has 1 aliphatic rings. The van der Waals surface area contributed by atoms with Crippen LogP contribution in [0.15, 0.2) is 30.4 Å². The van der Waals surface area contributed by atoms with Gasteiger partial charge >= 0.3 is 12.2 Å². The van der Waals surface area contributed by atoms with Gasteiger partial charge in [0.1, 0.15) is 22.7 Å². The normalized spacial score (nSPS) is 13.3. The summed E-state index contributed by atoms with van der Waals surface area (Å²) < 4.78 is 16.4. The average Bonchev–Trinajstić information content (AvgIpc) is 3.10. The highest BCUT2D eigenvalue weighted by molar-refractivity contribution is 6.12. The van der Waals surface area contributed by atoms with Crippen molar-refractivity contribution in [2.45, 2.75) is 84.8 Å². The number of unbranched alkanes of at least 4 members (excludes halogenated alkanes) is 1. The largest absolute Gasteiger partial charge is 0.494 e. The first-order valence-corrected chi connectivity index (χ1v) is 12.9. The van der Waals surface area contributed by atoms with Gasteiger partial charge in [-0.05, 0) is 72.9 Å². The van der Waals surface area contributed by atoms with Crippen LogP contribution in [0.2, 0.25) is 0 Å². The third-order valence-electron chi connectivity index (χ3n) is 5.12. The number of ketones is 1. The van der Waals surface area contributed by atoms with Gasteiger partial charge in [-0.1, -0.05) is 0 Å². The number of imide groups is 1. The molecule has 0 spiro atoms. The Kier molecular flexibility index (Phi) is 11.1. The predicted octanol–water partition coefficient (Wildman–Crippen LogP) is 5.20. The van der Waals surface area contributed by atoms with E-state index in [4.69, 9.17) is 14.2 Å². The number of amides is 4. The predicted molar refractivity (Wildman–Crippen MR) is 146 cm³/mol. The third kappa shape index (κ3) is 12.0. The molecule has 2 rings (SSSR count). The summed E-state index contributed by atoms with van der Waals surface area (Å²) in [5, 5.41) is 5.25. The van der Waals surface area contributed by atoms with E-state index in [1.165, 1.54) is 12.2 Å². The molecule has 0 unspecified atom stereocenters. The Morgan fingerprint density at radius 2 is 1.31 bits per heavy atom. The standard InChI is InChI=1S/C28H39N3O8/c1-27(2,3)38-25(35)29-21-13-12-20(18-22(21)30-26(36)39-28(4,5)6)37-17-8-7-10-19(32)11-9-16-31-23(33)14-15-24(31)34/h12-15,18H,7-11,16-17H2,1-6H3,(H,29,35)(H,30,36). The fraction of sp³-hybridized carbons (Fsp3) is 0.536. The van der Waals surface area contributed by atoms with Crippen LogP contribution in [0.4, 0.5) is 21.0 Å². The Morgan fingerprint density at radius 1 is 0.769 bits per heavy atom. The molecule has 0 saturated carbocycles. The molecule has 0 bridgehead atoms. The highest BCUT2D eigenvalue weighted by Crippen LogP contribution is 2.29. The van der Waals surface area contributed by atoms with Crippen LogP contribution in [0.25, 0.3) is 0 Å². The maximum atomic E-state index is 12.4. The molecule has 39 heavy (non-hydrogen) atoms. The summed E-state index contributed by atoms with van der Waals surface area (Å²) in [5.41, 5.74) is -0.833. The lowest BCUT2D eigenvalue weighted by Crippen LogP contribution is -2.31. The number of Topliss-reactive ketones (excluding diaryl/α,β-unsaturated/α-hetero) is 1. The van der Waals surface area contributed by atoms with E-state index in [1.54, 1.807) is 59.7 Å². The van der Waals surface area contributed by atoms with Crippen molar-refractivity contribution in [2.24, 2.45) is 0 Å². The molecule has 1 aliphatic heterocycles. The summed E-state index contributed by atoms with van der Waals surface area (Å²) in [6, 6.07) is 4.80. The van der Waals surface area contributed by atoms with Crippen molar-refractivity contribution in [3.63, 3.8) is 0 Å². The number of nitrogens with one attached hydrogen (secondary N) is 2. The second-order valence-electron chi connectivity index (χ2n) is 11.1. The van der Waals surface area contributed by atoms with Gasteiger partial charge in [0.25, 0.3) is 11.8 Å². The Bertz CT molecular complexity index is 1080. The van der Waals surface area contributed by atoms with Crippen molar-refractivity contribution in [3.05, 3.63) is 30.4 Å². The molecule has 1 aromatic rings. The van der Waals surface area contributed by atoms with E-state index >= 15 is 0 Å². The summed E-state index contributed by atoms with van der Waals surface area (Å²) in [5.74, 6) is -0.176. The first kappa shape index (κ1) is 31.3. The second-order valence-corrected chi connectivity index (χ2v) is 11.1. The summed E-state index contributed by atoms with van der Waals surface area (Å²) >= 11 is 0. The topological polar surface area (TPSA) is 140 Å². The lowest BCUT2D eigenvalue weighted by Gasteiger charge is -2.22. The molecule has 0 saturated heterocycles. The first-order chi connectivity index (χ1) is 18.1. The first-order valence-electron chi connectivity index (χ1n) is 12.9. The maximum absolute atomic E-state index is 12.4. The maximum Gasteiger partial charge on any atom is 0.412 e. The summed E-state index contributed by atoms with van der Waals surface area (Å²) in [7, 11) is 0. The zero-order valence-corrected chi connectivity index (χ0v) is 23.5. The lowest BCUT2D eigenvalue weighted by molar-refractivity contribution is -0.137. The number of hydrogen-bond donors (Lipinski definition) is 2. The van der Waals surface area contributed by atoms with E-state index in [-0.39, 0.29) is 29.8 Å². The molecule has 11 nitrogen and oxygen atoms in total. The van der Waals surface area contributed by atoms with E-state index in [0.717, 1.165) is 4.90 Å². The Labute approximate surface area is 229 Å². The summed E-state index contributed by atoms with van der Waals surface area (Å²) in [6.45, 7) is 11.0. The Balaban J connectivity index is 1.85. The van der Waals surface area contributed by atoms with Crippen LogP contribution in [0.1, 0.15) is 73.6 Å². The van der Waals surface area contributed by atoms with E-state index in [9.17, 15) is 24.0 Å². The zero-order valence-electron chi connectivity index (χ0n) is 23.5. The number of carbonyl (C=O) groups excluding carboxylic acids is 5. The number of anilines is 2. The van der Waals surface area contributed by atoms with Crippen LogP contribution in [0.3, 0.4) is 0 Å². The van der Waals surface area contributed by atoms with E-state index < -0.39 is 23.4 Å². The van der Waals surface area contributed by atoms with Gasteiger partial charge in [0, 0.05) is 37.6 Å². The molecule has 4 amide bonds. The lowest BCUT2D eigenvalue weighted by atomic mass is 10.1. The minimum Gasteiger partial charge on any atom is -0.494 e. The highest BCUT2D eigenvalue weighted by atomic mass is 16.6. The van der Waals surface area contributed by atoms with Gasteiger partial charge in [-0.3, -0.25) is 29.9 Å². The molecule has 0 atom stereocenters. The van der Waals surface area contributed by atoms with Crippen LogP contribution < -0.4 is 15.4 Å². The average molecular weight is 546 g/mol. The number of rotatable bonds is 12. The van der Waals surface area contributed by atoms with E-state index in [0.29, 0.717) is 50.1 Å². The van der Waals surface area contributed by atoms with Crippen molar-refractivity contribution in [1.29, 1.82) is 0 Å². The molecule has 0 radical (unpaired) electrons. The smallest absolute Gasteiger partial charge is 0.412 e. The molecule has 0 aliphatic carbocycles. The third-order valence-corrected chi connectivity index (χ3v) is 5.12.